The normalized spacial score (nSPS) is 29.1. The molecule has 3 fully saturated rings. The summed E-state index contributed by atoms with van der Waals surface area (Å²) < 4.78 is 39.5. The van der Waals surface area contributed by atoms with Crippen LogP contribution in [0, 0.1) is 18.7 Å². The molecule has 2 aromatic carbocycles. The molecule has 4 atom stereocenters. The van der Waals surface area contributed by atoms with Crippen molar-refractivity contribution in [2.24, 2.45) is 5.92 Å². The molecule has 1 heterocycles. The molecule has 1 amide bonds. The van der Waals surface area contributed by atoms with Crippen LogP contribution in [-0.4, -0.2) is 42.2 Å². The van der Waals surface area contributed by atoms with E-state index in [2.05, 4.69) is 11.4 Å². The third-order valence-electron chi connectivity index (χ3n) is 7.32. The number of fused-ring (bicyclic) bond motifs is 1. The maximum atomic E-state index is 14.3. The second-order valence-electron chi connectivity index (χ2n) is 10.9. The van der Waals surface area contributed by atoms with Crippen LogP contribution in [0.2, 0.25) is 0 Å². The van der Waals surface area contributed by atoms with Gasteiger partial charge in [0.05, 0.1) is 25.4 Å². The van der Waals surface area contributed by atoms with E-state index in [0.29, 0.717) is 37.5 Å². The standard InChI is InChI=1S/C29H36FNO5/c1-19-7-6-8-21(13-19)17-34-29(27(32)31-16-20-11-12-20)14-24(26-25(15-29)35-28(2,3)36-26)33-18-22-9-4-5-10-23(22)30/h4-10,13,20,24-26H,11-12,14-18H2,1-3H3,(H,31,32)/t24?,25-,26+,29-/m1/s1. The molecule has 0 aromatic heterocycles. The maximum Gasteiger partial charge on any atom is 0.252 e. The van der Waals surface area contributed by atoms with Crippen LogP contribution in [0.4, 0.5) is 4.39 Å². The predicted molar refractivity (Wildman–Crippen MR) is 132 cm³/mol. The Morgan fingerprint density at radius 2 is 1.89 bits per heavy atom. The summed E-state index contributed by atoms with van der Waals surface area (Å²) in [6.07, 6.45) is 1.67. The number of aryl methyl sites for hydroxylation is 1. The number of carbonyl (C=O) groups is 1. The number of nitrogens with one attached hydrogen (secondary N) is 1. The lowest BCUT2D eigenvalue weighted by atomic mass is 9.78. The lowest BCUT2D eigenvalue weighted by Gasteiger charge is -2.43. The van der Waals surface area contributed by atoms with Crippen LogP contribution >= 0.6 is 0 Å². The van der Waals surface area contributed by atoms with Crippen molar-refractivity contribution < 1.29 is 28.1 Å². The van der Waals surface area contributed by atoms with Gasteiger partial charge in [-0.25, -0.2) is 4.39 Å². The largest absolute Gasteiger partial charge is 0.370 e. The molecule has 3 aliphatic rings. The summed E-state index contributed by atoms with van der Waals surface area (Å²) >= 11 is 0. The topological polar surface area (TPSA) is 66.0 Å². The highest BCUT2D eigenvalue weighted by Gasteiger charge is 2.58. The second kappa shape index (κ2) is 10.2. The molecule has 0 bridgehead atoms. The Labute approximate surface area is 212 Å². The Bertz CT molecular complexity index is 1090. The van der Waals surface area contributed by atoms with Crippen molar-refractivity contribution in [1.29, 1.82) is 0 Å². The highest BCUT2D eigenvalue weighted by Crippen LogP contribution is 2.44. The van der Waals surface area contributed by atoms with Crippen LogP contribution in [0.15, 0.2) is 48.5 Å². The van der Waals surface area contributed by atoms with E-state index in [1.165, 1.54) is 6.07 Å². The molecule has 0 spiro atoms. The molecule has 6 nitrogen and oxygen atoms in total. The van der Waals surface area contributed by atoms with Crippen molar-refractivity contribution in [3.05, 3.63) is 71.0 Å². The third-order valence-corrected chi connectivity index (χ3v) is 7.32. The minimum Gasteiger partial charge on any atom is -0.370 e. The molecule has 2 aliphatic carbocycles. The van der Waals surface area contributed by atoms with Gasteiger partial charge in [0, 0.05) is 24.9 Å². The number of hydrogen-bond donors (Lipinski definition) is 1. The first-order chi connectivity index (χ1) is 17.2. The SMILES string of the molecule is Cc1cccc(CO[C@]2(C(=O)NCC3CC3)CC(OCc3ccccc3F)[C@@H]3OC(C)(C)O[C@@H]3C2)c1. The zero-order valence-electron chi connectivity index (χ0n) is 21.3. The molecule has 1 unspecified atom stereocenters. The van der Waals surface area contributed by atoms with E-state index in [-0.39, 0.29) is 30.5 Å². The van der Waals surface area contributed by atoms with Gasteiger partial charge in [-0.3, -0.25) is 4.79 Å². The third kappa shape index (κ3) is 5.80. The van der Waals surface area contributed by atoms with E-state index in [0.717, 1.165) is 24.0 Å². The fourth-order valence-corrected chi connectivity index (χ4v) is 5.26. The summed E-state index contributed by atoms with van der Waals surface area (Å²) in [7, 11) is 0. The van der Waals surface area contributed by atoms with E-state index in [1.807, 2.05) is 39.0 Å². The van der Waals surface area contributed by atoms with Gasteiger partial charge in [0.15, 0.2) is 11.4 Å². The van der Waals surface area contributed by atoms with Gasteiger partial charge in [-0.05, 0) is 51.2 Å². The summed E-state index contributed by atoms with van der Waals surface area (Å²) in [6.45, 7) is 6.77. The van der Waals surface area contributed by atoms with Crippen molar-refractivity contribution in [1.82, 2.24) is 5.32 Å². The Morgan fingerprint density at radius 1 is 1.08 bits per heavy atom. The maximum absolute atomic E-state index is 14.3. The number of halogens is 1. The van der Waals surface area contributed by atoms with Gasteiger partial charge < -0.3 is 24.3 Å². The molecule has 2 saturated carbocycles. The number of benzene rings is 2. The van der Waals surface area contributed by atoms with Gasteiger partial charge in [-0.1, -0.05) is 48.0 Å². The molecule has 1 N–H and O–H groups in total. The number of hydrogen-bond acceptors (Lipinski definition) is 5. The summed E-state index contributed by atoms with van der Waals surface area (Å²) in [6, 6.07) is 14.6. The number of rotatable bonds is 9. The van der Waals surface area contributed by atoms with Crippen molar-refractivity contribution in [2.45, 2.75) is 89.4 Å². The minimum atomic E-state index is -1.15. The fourth-order valence-electron chi connectivity index (χ4n) is 5.26. The van der Waals surface area contributed by atoms with Gasteiger partial charge >= 0.3 is 0 Å². The van der Waals surface area contributed by atoms with E-state index in [9.17, 15) is 9.18 Å². The molecule has 2 aromatic rings. The Kier molecular flexibility index (Phi) is 7.18. The van der Waals surface area contributed by atoms with Crippen molar-refractivity contribution in [2.75, 3.05) is 6.54 Å². The minimum absolute atomic E-state index is 0.0714. The molecule has 36 heavy (non-hydrogen) atoms. The molecule has 5 rings (SSSR count). The van der Waals surface area contributed by atoms with Gasteiger partial charge in [-0.2, -0.15) is 0 Å². The lowest BCUT2D eigenvalue weighted by molar-refractivity contribution is -0.183. The van der Waals surface area contributed by atoms with Gasteiger partial charge in [-0.15, -0.1) is 0 Å². The average molecular weight is 498 g/mol. The summed E-state index contributed by atoms with van der Waals surface area (Å²) in [5, 5.41) is 3.13. The van der Waals surface area contributed by atoms with Gasteiger partial charge in [0.25, 0.3) is 5.91 Å². The summed E-state index contributed by atoms with van der Waals surface area (Å²) in [5.74, 6) is -0.741. The predicted octanol–water partition coefficient (Wildman–Crippen LogP) is 4.82. The number of carbonyl (C=O) groups excluding carboxylic acids is 1. The molecular formula is C29H36FNO5. The highest BCUT2D eigenvalue weighted by atomic mass is 19.1. The summed E-state index contributed by atoms with van der Waals surface area (Å²) in [5.41, 5.74) is 1.44. The Balaban J connectivity index is 1.40. The smallest absolute Gasteiger partial charge is 0.252 e. The molecule has 1 aliphatic heterocycles. The zero-order chi connectivity index (χ0) is 25.3. The molecule has 0 radical (unpaired) electrons. The molecular weight excluding hydrogens is 461 g/mol. The molecule has 1 saturated heterocycles. The van der Waals surface area contributed by atoms with Gasteiger partial charge in [0.2, 0.25) is 0 Å². The highest BCUT2D eigenvalue weighted by molar-refractivity contribution is 5.85. The number of ether oxygens (including phenoxy) is 4. The van der Waals surface area contributed by atoms with Crippen molar-refractivity contribution in [3.8, 4) is 0 Å². The average Bonchev–Trinajstić information content (AvgIpc) is 3.61. The lowest BCUT2D eigenvalue weighted by Crippen LogP contribution is -2.60. The van der Waals surface area contributed by atoms with E-state index >= 15 is 0 Å². The Morgan fingerprint density at radius 3 is 2.64 bits per heavy atom. The summed E-state index contributed by atoms with van der Waals surface area (Å²) in [4.78, 5) is 13.7. The van der Waals surface area contributed by atoms with E-state index in [1.54, 1.807) is 18.2 Å². The molecule has 194 valence electrons. The quantitative estimate of drug-likeness (QED) is 0.538. The van der Waals surface area contributed by atoms with Crippen LogP contribution in [0.1, 0.15) is 56.2 Å². The van der Waals surface area contributed by atoms with Crippen LogP contribution in [-0.2, 0) is 37.0 Å². The second-order valence-corrected chi connectivity index (χ2v) is 10.9. The first-order valence-corrected chi connectivity index (χ1v) is 12.9. The molecule has 7 heteroatoms. The first kappa shape index (κ1) is 25.3. The van der Waals surface area contributed by atoms with Crippen molar-refractivity contribution in [3.63, 3.8) is 0 Å². The zero-order valence-corrected chi connectivity index (χ0v) is 21.3. The fraction of sp³-hybridized carbons (Fsp3) is 0.552. The van der Waals surface area contributed by atoms with Crippen LogP contribution in [0.3, 0.4) is 0 Å². The first-order valence-electron chi connectivity index (χ1n) is 12.9. The van der Waals surface area contributed by atoms with E-state index < -0.39 is 17.5 Å². The van der Waals surface area contributed by atoms with E-state index in [4.69, 9.17) is 18.9 Å². The van der Waals surface area contributed by atoms with Crippen LogP contribution in [0.5, 0.6) is 0 Å². The van der Waals surface area contributed by atoms with Crippen LogP contribution in [0.25, 0.3) is 0 Å². The number of amides is 1. The van der Waals surface area contributed by atoms with Gasteiger partial charge in [0.1, 0.15) is 11.9 Å². The Hall–Kier alpha value is -2.32. The van der Waals surface area contributed by atoms with Crippen LogP contribution < -0.4 is 5.32 Å². The monoisotopic (exact) mass is 497 g/mol. The van der Waals surface area contributed by atoms with Crippen molar-refractivity contribution >= 4 is 5.91 Å².